The molecule has 0 amide bonds. The van der Waals surface area contributed by atoms with E-state index in [2.05, 4.69) is 4.98 Å². The Bertz CT molecular complexity index is 1240. The quantitative estimate of drug-likeness (QED) is 0.626. The van der Waals surface area contributed by atoms with Gasteiger partial charge in [0.1, 0.15) is 19.5 Å². The van der Waals surface area contributed by atoms with Crippen LogP contribution in [0, 0.1) is 0 Å². The highest BCUT2D eigenvalue weighted by atomic mass is 32.2. The van der Waals surface area contributed by atoms with Crippen molar-refractivity contribution >= 4 is 27.0 Å². The molecule has 1 aliphatic rings. The Morgan fingerprint density at radius 3 is 2.44 bits per heavy atom. The number of ether oxygens (including phenoxy) is 2. The third-order valence-corrected chi connectivity index (χ3v) is 5.22. The maximum absolute atomic E-state index is 12.5. The SMILES string of the molecule is CS(=O)(=O)c1ccc(C=O)cc1-c1nc2cc3c(cc2c(=O)o1)OCCO3. The van der Waals surface area contributed by atoms with Crippen molar-refractivity contribution in [2.75, 3.05) is 19.5 Å². The van der Waals surface area contributed by atoms with E-state index in [-0.39, 0.29) is 32.8 Å². The molecule has 1 aliphatic heterocycles. The number of carbonyl (C=O) groups excluding carboxylic acids is 1. The second kappa shape index (κ2) is 6.20. The molecule has 2 heterocycles. The van der Waals surface area contributed by atoms with Crippen LogP contribution in [0.2, 0.25) is 0 Å². The van der Waals surface area contributed by atoms with Crippen molar-refractivity contribution in [3.63, 3.8) is 0 Å². The number of benzene rings is 2. The van der Waals surface area contributed by atoms with E-state index in [1.165, 1.54) is 30.3 Å². The fourth-order valence-electron chi connectivity index (χ4n) is 2.84. The summed E-state index contributed by atoms with van der Waals surface area (Å²) in [4.78, 5) is 27.7. The largest absolute Gasteiger partial charge is 0.486 e. The van der Waals surface area contributed by atoms with Crippen LogP contribution < -0.4 is 15.1 Å². The molecule has 138 valence electrons. The topological polar surface area (TPSA) is 113 Å². The Kier molecular flexibility index (Phi) is 3.96. The maximum atomic E-state index is 12.5. The molecular weight excluding hydrogens is 374 g/mol. The second-order valence-corrected chi connectivity index (χ2v) is 7.95. The fourth-order valence-corrected chi connectivity index (χ4v) is 3.70. The van der Waals surface area contributed by atoms with Gasteiger partial charge in [-0.25, -0.2) is 18.2 Å². The van der Waals surface area contributed by atoms with Gasteiger partial charge in [-0.15, -0.1) is 0 Å². The minimum Gasteiger partial charge on any atom is -0.486 e. The number of nitrogens with zero attached hydrogens (tertiary/aromatic N) is 1. The predicted molar refractivity (Wildman–Crippen MR) is 95.2 cm³/mol. The van der Waals surface area contributed by atoms with Gasteiger partial charge in [-0.05, 0) is 12.1 Å². The Hall–Kier alpha value is -3.20. The van der Waals surface area contributed by atoms with E-state index < -0.39 is 15.5 Å². The van der Waals surface area contributed by atoms with Gasteiger partial charge >= 0.3 is 5.63 Å². The standard InChI is InChI=1S/C18H13NO7S/c1-27(22,23)16-3-2-10(9-20)6-12(16)17-19-13-8-15-14(24-4-5-25-15)7-11(13)18(21)26-17/h2-3,6-9H,4-5H2,1H3. The van der Waals surface area contributed by atoms with E-state index in [0.29, 0.717) is 31.0 Å². The summed E-state index contributed by atoms with van der Waals surface area (Å²) < 4.78 is 40.4. The molecule has 3 aromatic rings. The van der Waals surface area contributed by atoms with Crippen LogP contribution in [0.25, 0.3) is 22.4 Å². The monoisotopic (exact) mass is 387 g/mol. The third kappa shape index (κ3) is 3.06. The summed E-state index contributed by atoms with van der Waals surface area (Å²) in [5.74, 6) is 0.645. The number of aldehydes is 1. The van der Waals surface area contributed by atoms with Crippen molar-refractivity contribution in [2.45, 2.75) is 4.90 Å². The summed E-state index contributed by atoms with van der Waals surface area (Å²) in [5.41, 5.74) is -0.176. The highest BCUT2D eigenvalue weighted by Crippen LogP contribution is 2.34. The number of aromatic nitrogens is 1. The molecule has 4 rings (SSSR count). The molecular formula is C18H13NO7S. The summed E-state index contributed by atoms with van der Waals surface area (Å²) in [6.07, 6.45) is 1.59. The molecule has 0 fully saturated rings. The van der Waals surface area contributed by atoms with Crippen molar-refractivity contribution in [2.24, 2.45) is 0 Å². The van der Waals surface area contributed by atoms with Crippen LogP contribution in [0.3, 0.4) is 0 Å². The average molecular weight is 387 g/mol. The minimum atomic E-state index is -3.65. The lowest BCUT2D eigenvalue weighted by atomic mass is 10.1. The van der Waals surface area contributed by atoms with Crippen molar-refractivity contribution in [1.82, 2.24) is 4.98 Å². The Morgan fingerprint density at radius 1 is 1.07 bits per heavy atom. The first-order chi connectivity index (χ1) is 12.9. The van der Waals surface area contributed by atoms with Gasteiger partial charge in [-0.3, -0.25) is 4.79 Å². The summed E-state index contributed by atoms with van der Waals surface area (Å²) in [6.45, 7) is 0.734. The molecule has 1 aromatic heterocycles. The van der Waals surface area contributed by atoms with Gasteiger partial charge in [0.05, 0.1) is 21.4 Å². The van der Waals surface area contributed by atoms with Crippen LogP contribution >= 0.6 is 0 Å². The Morgan fingerprint density at radius 2 is 1.78 bits per heavy atom. The zero-order chi connectivity index (χ0) is 19.2. The van der Waals surface area contributed by atoms with E-state index >= 15 is 0 Å². The molecule has 0 saturated heterocycles. The molecule has 8 nitrogen and oxygen atoms in total. The maximum Gasteiger partial charge on any atom is 0.347 e. The van der Waals surface area contributed by atoms with Crippen molar-refractivity contribution in [1.29, 1.82) is 0 Å². The second-order valence-electron chi connectivity index (χ2n) is 5.97. The molecule has 0 N–H and O–H groups in total. The lowest BCUT2D eigenvalue weighted by Gasteiger charge is -2.18. The van der Waals surface area contributed by atoms with Crippen LogP contribution in [0.4, 0.5) is 0 Å². The van der Waals surface area contributed by atoms with E-state index in [4.69, 9.17) is 13.9 Å². The first-order valence-corrected chi connectivity index (χ1v) is 9.80. The summed E-state index contributed by atoms with van der Waals surface area (Å²) in [7, 11) is -3.65. The van der Waals surface area contributed by atoms with Crippen molar-refractivity contribution in [3.8, 4) is 23.0 Å². The van der Waals surface area contributed by atoms with E-state index in [0.717, 1.165) is 6.26 Å². The van der Waals surface area contributed by atoms with Crippen LogP contribution in [0.15, 0.2) is 44.4 Å². The van der Waals surface area contributed by atoms with Crippen molar-refractivity contribution in [3.05, 3.63) is 46.3 Å². The lowest BCUT2D eigenvalue weighted by molar-refractivity contribution is 0.112. The molecule has 9 heteroatoms. The minimum absolute atomic E-state index is 0.0380. The fraction of sp³-hybridized carbons (Fsp3) is 0.167. The molecule has 0 atom stereocenters. The molecule has 0 spiro atoms. The highest BCUT2D eigenvalue weighted by Gasteiger charge is 2.21. The first kappa shape index (κ1) is 17.2. The lowest BCUT2D eigenvalue weighted by Crippen LogP contribution is -2.16. The highest BCUT2D eigenvalue weighted by molar-refractivity contribution is 7.90. The summed E-state index contributed by atoms with van der Waals surface area (Å²) >= 11 is 0. The van der Waals surface area contributed by atoms with Gasteiger partial charge in [0.25, 0.3) is 0 Å². The van der Waals surface area contributed by atoms with Gasteiger partial charge in [-0.2, -0.15) is 0 Å². The van der Waals surface area contributed by atoms with Crippen LogP contribution in [0.1, 0.15) is 10.4 Å². The molecule has 0 saturated carbocycles. The summed E-state index contributed by atoms with van der Waals surface area (Å²) in [6, 6.07) is 6.98. The number of hydrogen-bond donors (Lipinski definition) is 0. The predicted octanol–water partition coefficient (Wildman–Crippen LogP) is 1.84. The summed E-state index contributed by atoms with van der Waals surface area (Å²) in [5, 5.41) is 0.176. The number of sulfone groups is 1. The van der Waals surface area contributed by atoms with Gasteiger partial charge < -0.3 is 13.9 Å². The molecule has 27 heavy (non-hydrogen) atoms. The van der Waals surface area contributed by atoms with Crippen LogP contribution in [0.5, 0.6) is 11.5 Å². The zero-order valence-electron chi connectivity index (χ0n) is 14.1. The van der Waals surface area contributed by atoms with Gasteiger partial charge in [0.2, 0.25) is 5.89 Å². The van der Waals surface area contributed by atoms with Gasteiger partial charge in [0.15, 0.2) is 21.3 Å². The van der Waals surface area contributed by atoms with Gasteiger partial charge in [-0.1, -0.05) is 6.07 Å². The van der Waals surface area contributed by atoms with E-state index in [1.54, 1.807) is 0 Å². The molecule has 0 radical (unpaired) electrons. The Balaban J connectivity index is 2.00. The van der Waals surface area contributed by atoms with Gasteiger partial charge in [0, 0.05) is 24.0 Å². The normalized spacial score (nSPS) is 13.5. The van der Waals surface area contributed by atoms with E-state index in [1.807, 2.05) is 0 Å². The average Bonchev–Trinajstić information content (AvgIpc) is 2.65. The molecule has 2 aromatic carbocycles. The number of hydrogen-bond acceptors (Lipinski definition) is 8. The van der Waals surface area contributed by atoms with Crippen LogP contribution in [-0.2, 0) is 9.84 Å². The number of rotatable bonds is 3. The van der Waals surface area contributed by atoms with Crippen molar-refractivity contribution < 1.29 is 27.1 Å². The molecule has 0 bridgehead atoms. The smallest absolute Gasteiger partial charge is 0.347 e. The number of carbonyl (C=O) groups is 1. The van der Waals surface area contributed by atoms with Crippen LogP contribution in [-0.4, -0.2) is 39.2 Å². The molecule has 0 unspecified atom stereocenters. The third-order valence-electron chi connectivity index (χ3n) is 4.06. The van der Waals surface area contributed by atoms with E-state index in [9.17, 15) is 18.0 Å². The number of fused-ring (bicyclic) bond motifs is 2. The Labute approximate surface area is 153 Å². The molecule has 0 aliphatic carbocycles. The zero-order valence-corrected chi connectivity index (χ0v) is 14.9. The first-order valence-electron chi connectivity index (χ1n) is 7.91.